The Morgan fingerprint density at radius 3 is 2.89 bits per heavy atom. The van der Waals surface area contributed by atoms with Gasteiger partial charge in [-0.15, -0.1) is 0 Å². The largest absolute Gasteiger partial charge is 0.296 e. The zero-order valence-electron chi connectivity index (χ0n) is 11.0. The molecule has 1 aliphatic rings. The zero-order chi connectivity index (χ0) is 13.2. The molecule has 18 heavy (non-hydrogen) atoms. The smallest absolute Gasteiger partial charge is 0.147 e. The van der Waals surface area contributed by atoms with Gasteiger partial charge in [-0.1, -0.05) is 0 Å². The molecule has 0 aromatic carbocycles. The molecule has 0 saturated carbocycles. The van der Waals surface area contributed by atoms with Crippen molar-refractivity contribution >= 4 is 9.84 Å². The lowest BCUT2D eigenvalue weighted by molar-refractivity contribution is 0.258. The molecular weight excluding hydrogens is 250 g/mol. The fourth-order valence-electron chi connectivity index (χ4n) is 2.61. The van der Waals surface area contributed by atoms with E-state index in [1.165, 1.54) is 18.2 Å². The molecule has 0 radical (unpaired) electrons. The molecule has 0 unspecified atom stereocenters. The Kier molecular flexibility index (Phi) is 4.07. The Bertz CT molecular complexity index is 495. The topological polar surface area (TPSA) is 55.2 Å². The molecule has 5 nitrogen and oxygen atoms in total. The van der Waals surface area contributed by atoms with Gasteiger partial charge in [-0.2, -0.15) is 5.10 Å². The number of nitrogens with zero attached hydrogens (tertiary/aromatic N) is 3. The van der Waals surface area contributed by atoms with Crippen molar-refractivity contribution in [3.63, 3.8) is 0 Å². The van der Waals surface area contributed by atoms with Gasteiger partial charge in [0.1, 0.15) is 9.84 Å². The van der Waals surface area contributed by atoms with Crippen molar-refractivity contribution in [3.8, 4) is 0 Å². The lowest BCUT2D eigenvalue weighted by Crippen LogP contribution is -2.25. The van der Waals surface area contributed by atoms with Crippen molar-refractivity contribution in [2.45, 2.75) is 25.3 Å². The fraction of sp³-hybridized carbons (Fsp3) is 0.750. The first-order valence-corrected chi connectivity index (χ1v) is 8.42. The van der Waals surface area contributed by atoms with E-state index in [4.69, 9.17) is 0 Å². The second-order valence-electron chi connectivity index (χ2n) is 5.12. The highest BCUT2D eigenvalue weighted by Crippen LogP contribution is 2.31. The van der Waals surface area contributed by atoms with E-state index in [-0.39, 0.29) is 5.75 Å². The maximum Gasteiger partial charge on any atom is 0.147 e. The molecule has 0 aliphatic carbocycles. The van der Waals surface area contributed by atoms with Crippen molar-refractivity contribution < 1.29 is 8.42 Å². The first kappa shape index (κ1) is 13.5. The highest BCUT2D eigenvalue weighted by atomic mass is 32.2. The second-order valence-corrected chi connectivity index (χ2v) is 7.38. The standard InChI is InChI=1S/C12H21N3O2S/c1-14-10-11(9-13-14)12-5-3-6-15(12)7-4-8-18(2,16)17/h9-10,12H,3-8H2,1-2H3/t12-/m0/s1. The van der Waals surface area contributed by atoms with Crippen LogP contribution in [0.4, 0.5) is 0 Å². The summed E-state index contributed by atoms with van der Waals surface area (Å²) in [6, 6.07) is 0.415. The van der Waals surface area contributed by atoms with Gasteiger partial charge in [-0.25, -0.2) is 8.42 Å². The molecule has 1 fully saturated rings. The monoisotopic (exact) mass is 271 g/mol. The van der Waals surface area contributed by atoms with E-state index in [1.807, 2.05) is 17.9 Å². The summed E-state index contributed by atoms with van der Waals surface area (Å²) in [6.45, 7) is 1.91. The first-order valence-electron chi connectivity index (χ1n) is 6.36. The summed E-state index contributed by atoms with van der Waals surface area (Å²) in [5, 5.41) is 4.21. The number of likely N-dealkylation sites (tertiary alicyclic amines) is 1. The van der Waals surface area contributed by atoms with Crippen molar-refractivity contribution in [3.05, 3.63) is 18.0 Å². The van der Waals surface area contributed by atoms with Crippen molar-refractivity contribution in [2.24, 2.45) is 7.05 Å². The van der Waals surface area contributed by atoms with Crippen LogP contribution in [0.5, 0.6) is 0 Å². The number of sulfone groups is 1. The Hall–Kier alpha value is -0.880. The van der Waals surface area contributed by atoms with Gasteiger partial charge >= 0.3 is 0 Å². The van der Waals surface area contributed by atoms with Gasteiger partial charge in [-0.3, -0.25) is 9.58 Å². The molecular formula is C12H21N3O2S. The molecule has 1 saturated heterocycles. The Balaban J connectivity index is 1.92. The van der Waals surface area contributed by atoms with Crippen molar-refractivity contribution in [1.29, 1.82) is 0 Å². The van der Waals surface area contributed by atoms with E-state index in [1.54, 1.807) is 0 Å². The average molecular weight is 271 g/mol. The van der Waals surface area contributed by atoms with E-state index in [2.05, 4.69) is 16.2 Å². The minimum atomic E-state index is -2.84. The Morgan fingerprint density at radius 1 is 1.50 bits per heavy atom. The maximum absolute atomic E-state index is 11.1. The molecule has 0 bridgehead atoms. The molecule has 2 rings (SSSR count). The molecule has 1 aromatic heterocycles. The number of aryl methyl sites for hydroxylation is 1. The number of aromatic nitrogens is 2. The summed E-state index contributed by atoms with van der Waals surface area (Å²) in [5.74, 6) is 0.281. The highest BCUT2D eigenvalue weighted by Gasteiger charge is 2.26. The third-order valence-corrected chi connectivity index (χ3v) is 4.46. The van der Waals surface area contributed by atoms with Crippen LogP contribution in [0.15, 0.2) is 12.4 Å². The Morgan fingerprint density at radius 2 is 2.28 bits per heavy atom. The van der Waals surface area contributed by atoms with Crippen LogP contribution in [0.3, 0.4) is 0 Å². The number of rotatable bonds is 5. The lowest BCUT2D eigenvalue weighted by atomic mass is 10.1. The summed E-state index contributed by atoms with van der Waals surface area (Å²) in [5.41, 5.74) is 1.24. The van der Waals surface area contributed by atoms with Gasteiger partial charge in [0.15, 0.2) is 0 Å². The van der Waals surface area contributed by atoms with Gasteiger partial charge in [-0.05, 0) is 32.4 Å². The van der Waals surface area contributed by atoms with E-state index >= 15 is 0 Å². The van der Waals surface area contributed by atoms with E-state index in [0.29, 0.717) is 6.04 Å². The lowest BCUT2D eigenvalue weighted by Gasteiger charge is -2.23. The van der Waals surface area contributed by atoms with Gasteiger partial charge < -0.3 is 0 Å². The SMILES string of the molecule is Cn1cc([C@@H]2CCCN2CCCS(C)(=O)=O)cn1. The molecule has 1 aliphatic heterocycles. The predicted octanol–water partition coefficient (Wildman–Crippen LogP) is 0.992. The predicted molar refractivity (Wildman–Crippen MR) is 71.1 cm³/mol. The van der Waals surface area contributed by atoms with Crippen LogP contribution in [-0.4, -0.2) is 48.2 Å². The van der Waals surface area contributed by atoms with E-state index in [0.717, 1.165) is 25.9 Å². The normalized spacial score (nSPS) is 21.6. The minimum Gasteiger partial charge on any atom is -0.296 e. The molecule has 0 N–H and O–H groups in total. The van der Waals surface area contributed by atoms with Crippen LogP contribution in [0, 0.1) is 0 Å². The van der Waals surface area contributed by atoms with Gasteiger partial charge in [0.25, 0.3) is 0 Å². The van der Waals surface area contributed by atoms with Crippen LogP contribution in [0.2, 0.25) is 0 Å². The van der Waals surface area contributed by atoms with E-state index in [9.17, 15) is 8.42 Å². The molecule has 0 spiro atoms. The van der Waals surface area contributed by atoms with Crippen molar-refractivity contribution in [1.82, 2.24) is 14.7 Å². The number of hydrogen-bond acceptors (Lipinski definition) is 4. The minimum absolute atomic E-state index is 0.281. The molecule has 0 amide bonds. The molecule has 2 heterocycles. The second kappa shape index (κ2) is 5.40. The molecule has 1 atom stereocenters. The quantitative estimate of drug-likeness (QED) is 0.801. The van der Waals surface area contributed by atoms with Crippen LogP contribution in [0.1, 0.15) is 30.9 Å². The maximum atomic E-state index is 11.1. The molecule has 102 valence electrons. The zero-order valence-corrected chi connectivity index (χ0v) is 11.9. The summed E-state index contributed by atoms with van der Waals surface area (Å²) in [4.78, 5) is 2.38. The van der Waals surface area contributed by atoms with Crippen LogP contribution >= 0.6 is 0 Å². The highest BCUT2D eigenvalue weighted by molar-refractivity contribution is 7.90. The summed E-state index contributed by atoms with van der Waals surface area (Å²) < 4.78 is 24.1. The molecule has 6 heteroatoms. The van der Waals surface area contributed by atoms with Gasteiger partial charge in [0, 0.05) is 31.1 Å². The van der Waals surface area contributed by atoms with Crippen LogP contribution in [-0.2, 0) is 16.9 Å². The van der Waals surface area contributed by atoms with Crippen LogP contribution in [0.25, 0.3) is 0 Å². The Labute approximate surface area is 109 Å². The third-order valence-electron chi connectivity index (χ3n) is 3.43. The van der Waals surface area contributed by atoms with E-state index < -0.39 is 9.84 Å². The fourth-order valence-corrected chi connectivity index (χ4v) is 3.27. The van der Waals surface area contributed by atoms with Crippen LogP contribution < -0.4 is 0 Å². The number of hydrogen-bond donors (Lipinski definition) is 0. The summed E-state index contributed by atoms with van der Waals surface area (Å²) >= 11 is 0. The summed E-state index contributed by atoms with van der Waals surface area (Å²) in [7, 11) is -0.914. The summed E-state index contributed by atoms with van der Waals surface area (Å²) in [6.07, 6.45) is 8.31. The van der Waals surface area contributed by atoms with Gasteiger partial charge in [0.2, 0.25) is 0 Å². The van der Waals surface area contributed by atoms with Crippen molar-refractivity contribution in [2.75, 3.05) is 25.1 Å². The third kappa shape index (κ3) is 3.55. The molecule has 1 aromatic rings. The van der Waals surface area contributed by atoms with Gasteiger partial charge in [0.05, 0.1) is 11.9 Å². The first-order chi connectivity index (χ1) is 8.46. The average Bonchev–Trinajstić information content (AvgIpc) is 2.84.